The lowest BCUT2D eigenvalue weighted by molar-refractivity contribution is -0.145. The average molecular weight is 256 g/mol. The normalized spacial score (nSPS) is 28.4. The van der Waals surface area contributed by atoms with Gasteiger partial charge in [-0.1, -0.05) is 19.8 Å². The summed E-state index contributed by atoms with van der Waals surface area (Å²) in [7, 11) is 2.02. The molecule has 18 heavy (non-hydrogen) atoms. The van der Waals surface area contributed by atoms with Crippen molar-refractivity contribution < 1.29 is 9.53 Å². The summed E-state index contributed by atoms with van der Waals surface area (Å²) >= 11 is 0. The van der Waals surface area contributed by atoms with Crippen LogP contribution in [-0.4, -0.2) is 43.7 Å². The Morgan fingerprint density at radius 3 is 2.67 bits per heavy atom. The van der Waals surface area contributed by atoms with Crippen LogP contribution in [0.25, 0.3) is 0 Å². The molecule has 4 nitrogen and oxygen atoms in total. The van der Waals surface area contributed by atoms with E-state index in [1.165, 1.54) is 19.3 Å². The fourth-order valence-corrected chi connectivity index (χ4v) is 3.01. The maximum absolute atomic E-state index is 11.5. The van der Waals surface area contributed by atoms with E-state index in [9.17, 15) is 4.79 Å². The first-order valence-corrected chi connectivity index (χ1v) is 7.18. The van der Waals surface area contributed by atoms with Crippen LogP contribution in [0, 0.1) is 11.8 Å². The number of hydrogen-bond donors (Lipinski definition) is 1. The van der Waals surface area contributed by atoms with Crippen molar-refractivity contribution >= 4 is 5.97 Å². The summed E-state index contributed by atoms with van der Waals surface area (Å²) in [6, 6.07) is 0.429. The van der Waals surface area contributed by atoms with Crippen molar-refractivity contribution in [2.75, 3.05) is 26.7 Å². The van der Waals surface area contributed by atoms with Crippen LogP contribution in [-0.2, 0) is 9.53 Å². The van der Waals surface area contributed by atoms with E-state index in [0.29, 0.717) is 31.7 Å². The van der Waals surface area contributed by atoms with Crippen LogP contribution in [0.5, 0.6) is 0 Å². The van der Waals surface area contributed by atoms with Crippen molar-refractivity contribution in [2.45, 2.75) is 45.6 Å². The third-order valence-corrected chi connectivity index (χ3v) is 4.19. The van der Waals surface area contributed by atoms with Gasteiger partial charge in [-0.05, 0) is 45.2 Å². The summed E-state index contributed by atoms with van der Waals surface area (Å²) in [6.45, 7) is 5.64. The van der Waals surface area contributed by atoms with E-state index in [4.69, 9.17) is 10.5 Å². The quantitative estimate of drug-likeness (QED) is 0.734. The molecule has 0 saturated heterocycles. The van der Waals surface area contributed by atoms with Crippen LogP contribution in [0.1, 0.15) is 39.5 Å². The molecule has 0 aliphatic heterocycles. The van der Waals surface area contributed by atoms with Gasteiger partial charge >= 0.3 is 5.97 Å². The number of nitrogens with two attached hydrogens (primary N) is 1. The SMILES string of the molecule is CCOC(=O)CN(C)C1CC(CC)CCC1CN. The molecular formula is C14H28N2O2. The van der Waals surface area contributed by atoms with Gasteiger partial charge in [0.05, 0.1) is 13.2 Å². The molecule has 0 aromatic heterocycles. The standard InChI is InChI=1S/C14H28N2O2/c1-4-11-6-7-12(9-15)13(8-11)16(3)10-14(17)18-5-2/h11-13H,4-10,15H2,1-3H3. The molecule has 0 bridgehead atoms. The van der Waals surface area contributed by atoms with E-state index in [1.807, 2.05) is 14.0 Å². The highest BCUT2D eigenvalue weighted by Crippen LogP contribution is 2.33. The van der Waals surface area contributed by atoms with Gasteiger partial charge in [0.25, 0.3) is 0 Å². The van der Waals surface area contributed by atoms with Gasteiger partial charge in [-0.15, -0.1) is 0 Å². The minimum atomic E-state index is -0.130. The van der Waals surface area contributed by atoms with Crippen LogP contribution < -0.4 is 5.73 Å². The molecule has 3 atom stereocenters. The molecule has 0 amide bonds. The molecule has 4 heteroatoms. The Morgan fingerprint density at radius 1 is 1.39 bits per heavy atom. The number of rotatable bonds is 6. The van der Waals surface area contributed by atoms with Crippen molar-refractivity contribution in [3.63, 3.8) is 0 Å². The monoisotopic (exact) mass is 256 g/mol. The summed E-state index contributed by atoms with van der Waals surface area (Å²) < 4.78 is 5.01. The molecular weight excluding hydrogens is 228 g/mol. The van der Waals surface area contributed by atoms with Gasteiger partial charge in [0.15, 0.2) is 0 Å². The Labute approximate surface area is 111 Å². The molecule has 1 aliphatic rings. The predicted molar refractivity (Wildman–Crippen MR) is 73.2 cm³/mol. The van der Waals surface area contributed by atoms with E-state index >= 15 is 0 Å². The fraction of sp³-hybridized carbons (Fsp3) is 0.929. The second kappa shape index (κ2) is 7.74. The minimum absolute atomic E-state index is 0.130. The number of ether oxygens (including phenoxy) is 1. The summed E-state index contributed by atoms with van der Waals surface area (Å²) in [5.41, 5.74) is 5.86. The zero-order chi connectivity index (χ0) is 13.5. The van der Waals surface area contributed by atoms with Crippen molar-refractivity contribution in [3.8, 4) is 0 Å². The summed E-state index contributed by atoms with van der Waals surface area (Å²) in [5.74, 6) is 1.17. The molecule has 0 radical (unpaired) electrons. The summed E-state index contributed by atoms with van der Waals surface area (Å²) in [5, 5.41) is 0. The highest BCUT2D eigenvalue weighted by Gasteiger charge is 2.32. The first-order chi connectivity index (χ1) is 8.62. The lowest BCUT2D eigenvalue weighted by Gasteiger charge is -2.40. The van der Waals surface area contributed by atoms with Crippen LogP contribution in [0.3, 0.4) is 0 Å². The molecule has 1 rings (SSSR count). The number of carbonyl (C=O) groups is 1. The molecule has 1 aliphatic carbocycles. The van der Waals surface area contributed by atoms with Gasteiger partial charge in [0.1, 0.15) is 0 Å². The second-order valence-corrected chi connectivity index (χ2v) is 5.37. The lowest BCUT2D eigenvalue weighted by Crippen LogP contribution is -2.47. The number of nitrogens with zero attached hydrogens (tertiary/aromatic N) is 1. The Hall–Kier alpha value is -0.610. The second-order valence-electron chi connectivity index (χ2n) is 5.37. The van der Waals surface area contributed by atoms with Gasteiger partial charge in [0.2, 0.25) is 0 Å². The van der Waals surface area contributed by atoms with Crippen molar-refractivity contribution in [2.24, 2.45) is 17.6 Å². The van der Waals surface area contributed by atoms with Gasteiger partial charge in [-0.2, -0.15) is 0 Å². The third kappa shape index (κ3) is 4.25. The van der Waals surface area contributed by atoms with E-state index in [2.05, 4.69) is 11.8 Å². The number of hydrogen-bond acceptors (Lipinski definition) is 4. The average Bonchev–Trinajstić information content (AvgIpc) is 2.38. The van der Waals surface area contributed by atoms with Gasteiger partial charge in [0, 0.05) is 6.04 Å². The van der Waals surface area contributed by atoms with Gasteiger partial charge < -0.3 is 10.5 Å². The van der Waals surface area contributed by atoms with Crippen molar-refractivity contribution in [1.29, 1.82) is 0 Å². The van der Waals surface area contributed by atoms with Crippen molar-refractivity contribution in [1.82, 2.24) is 4.90 Å². The first kappa shape index (κ1) is 15.4. The zero-order valence-electron chi connectivity index (χ0n) is 12.0. The Bertz CT molecular complexity index is 258. The molecule has 0 spiro atoms. The third-order valence-electron chi connectivity index (χ3n) is 4.19. The van der Waals surface area contributed by atoms with E-state index in [0.717, 1.165) is 12.3 Å². The molecule has 0 aromatic rings. The predicted octanol–water partition coefficient (Wildman–Crippen LogP) is 1.63. The van der Waals surface area contributed by atoms with E-state index < -0.39 is 0 Å². The molecule has 0 aromatic carbocycles. The van der Waals surface area contributed by atoms with Gasteiger partial charge in [-0.25, -0.2) is 0 Å². The van der Waals surface area contributed by atoms with Gasteiger partial charge in [-0.3, -0.25) is 9.69 Å². The maximum Gasteiger partial charge on any atom is 0.320 e. The van der Waals surface area contributed by atoms with E-state index in [1.54, 1.807) is 0 Å². The molecule has 1 fully saturated rings. The van der Waals surface area contributed by atoms with Crippen LogP contribution >= 0.6 is 0 Å². The zero-order valence-corrected chi connectivity index (χ0v) is 12.0. The van der Waals surface area contributed by atoms with Crippen LogP contribution in [0.2, 0.25) is 0 Å². The fourth-order valence-electron chi connectivity index (χ4n) is 3.01. The largest absolute Gasteiger partial charge is 0.465 e. The lowest BCUT2D eigenvalue weighted by atomic mass is 9.76. The summed E-state index contributed by atoms with van der Waals surface area (Å²) in [4.78, 5) is 13.7. The first-order valence-electron chi connectivity index (χ1n) is 7.18. The number of esters is 1. The summed E-state index contributed by atoms with van der Waals surface area (Å²) in [6.07, 6.45) is 4.85. The number of likely N-dealkylation sites (N-methyl/N-ethyl adjacent to an activating group) is 1. The highest BCUT2D eigenvalue weighted by atomic mass is 16.5. The topological polar surface area (TPSA) is 55.6 Å². The highest BCUT2D eigenvalue weighted by molar-refractivity contribution is 5.71. The van der Waals surface area contributed by atoms with Crippen molar-refractivity contribution in [3.05, 3.63) is 0 Å². The molecule has 3 unspecified atom stereocenters. The molecule has 0 heterocycles. The van der Waals surface area contributed by atoms with E-state index in [-0.39, 0.29) is 5.97 Å². The maximum atomic E-state index is 11.5. The smallest absolute Gasteiger partial charge is 0.320 e. The van der Waals surface area contributed by atoms with Crippen LogP contribution in [0.4, 0.5) is 0 Å². The number of carbonyl (C=O) groups excluding carboxylic acids is 1. The molecule has 2 N–H and O–H groups in total. The van der Waals surface area contributed by atoms with Crippen LogP contribution in [0.15, 0.2) is 0 Å². The Morgan fingerprint density at radius 2 is 2.11 bits per heavy atom. The Balaban J connectivity index is 2.55. The minimum Gasteiger partial charge on any atom is -0.465 e. The molecule has 1 saturated carbocycles. The molecule has 106 valence electrons. The Kier molecular flexibility index (Phi) is 6.65.